The lowest BCUT2D eigenvalue weighted by Gasteiger charge is -2.24. The molecule has 9 aromatic rings. The number of benzene rings is 8. The zero-order valence-electron chi connectivity index (χ0n) is 27.6. The minimum atomic E-state index is -0.478. The molecule has 0 saturated heterocycles. The number of furan rings is 1. The van der Waals surface area contributed by atoms with Crippen LogP contribution in [-0.4, -0.2) is 11.7 Å². The van der Waals surface area contributed by atoms with Crippen LogP contribution in [0.4, 0.5) is 0 Å². The molecule has 0 amide bonds. The number of aliphatic imine (C=N–C) groups is 2. The van der Waals surface area contributed by atoms with E-state index in [0.717, 1.165) is 77.6 Å². The van der Waals surface area contributed by atoms with E-state index in [2.05, 4.69) is 163 Å². The van der Waals surface area contributed by atoms with Gasteiger partial charge in [0.25, 0.3) is 0 Å². The van der Waals surface area contributed by atoms with Gasteiger partial charge in [-0.05, 0) is 79.7 Å². The van der Waals surface area contributed by atoms with E-state index < -0.39 is 6.17 Å². The van der Waals surface area contributed by atoms with Gasteiger partial charge < -0.3 is 9.73 Å². The van der Waals surface area contributed by atoms with Crippen molar-refractivity contribution < 1.29 is 4.42 Å². The summed E-state index contributed by atoms with van der Waals surface area (Å²) in [7, 11) is 0. The summed E-state index contributed by atoms with van der Waals surface area (Å²) in [5.41, 5.74) is 9.25. The number of fused-ring (bicyclic) bond motifs is 5. The quantitative estimate of drug-likeness (QED) is 0.201. The number of amidine groups is 2. The lowest BCUT2D eigenvalue weighted by atomic mass is 9.97. The van der Waals surface area contributed by atoms with Crippen molar-refractivity contribution in [3.05, 3.63) is 193 Å². The van der Waals surface area contributed by atoms with E-state index in [9.17, 15) is 0 Å². The van der Waals surface area contributed by atoms with Crippen molar-refractivity contribution in [2.75, 3.05) is 0 Å². The van der Waals surface area contributed by atoms with Crippen LogP contribution in [0, 0.1) is 0 Å². The summed E-state index contributed by atoms with van der Waals surface area (Å²) in [5.74, 6) is 1.54. The summed E-state index contributed by atoms with van der Waals surface area (Å²) >= 11 is 0. The Morgan fingerprint density at radius 1 is 0.412 bits per heavy atom. The second-order valence-corrected chi connectivity index (χ2v) is 13.0. The van der Waals surface area contributed by atoms with Gasteiger partial charge in [-0.15, -0.1) is 0 Å². The summed E-state index contributed by atoms with van der Waals surface area (Å²) < 4.78 is 6.51. The number of hydrogen-bond acceptors (Lipinski definition) is 4. The first-order valence-corrected chi connectivity index (χ1v) is 17.3. The van der Waals surface area contributed by atoms with Crippen molar-refractivity contribution in [3.8, 4) is 22.3 Å². The zero-order valence-corrected chi connectivity index (χ0v) is 27.6. The van der Waals surface area contributed by atoms with Gasteiger partial charge in [0.15, 0.2) is 6.17 Å². The Kier molecular flexibility index (Phi) is 6.85. The maximum absolute atomic E-state index is 6.51. The second-order valence-electron chi connectivity index (χ2n) is 13.0. The maximum Gasteiger partial charge on any atom is 0.169 e. The number of rotatable bonds is 5. The van der Waals surface area contributed by atoms with E-state index in [1.807, 2.05) is 18.2 Å². The number of nitrogens with one attached hydrogen (secondary N) is 1. The molecule has 0 spiro atoms. The fraction of sp³-hybridized carbons (Fsp3) is 0.0213. The molecule has 4 heteroatoms. The summed E-state index contributed by atoms with van der Waals surface area (Å²) in [6.45, 7) is 0. The number of para-hydroxylation sites is 1. The topological polar surface area (TPSA) is 49.9 Å². The summed E-state index contributed by atoms with van der Waals surface area (Å²) in [4.78, 5) is 10.8. The van der Waals surface area contributed by atoms with E-state index >= 15 is 0 Å². The Morgan fingerprint density at radius 2 is 1.08 bits per heavy atom. The van der Waals surface area contributed by atoms with Crippen LogP contribution < -0.4 is 5.32 Å². The first-order valence-electron chi connectivity index (χ1n) is 17.3. The molecule has 10 rings (SSSR count). The van der Waals surface area contributed by atoms with Crippen molar-refractivity contribution in [1.29, 1.82) is 0 Å². The third kappa shape index (κ3) is 5.17. The third-order valence-corrected chi connectivity index (χ3v) is 9.89. The number of hydrogen-bond donors (Lipinski definition) is 1. The average Bonchev–Trinajstić information content (AvgIpc) is 3.59. The van der Waals surface area contributed by atoms with Crippen LogP contribution in [0.5, 0.6) is 0 Å². The molecule has 1 aromatic heterocycles. The highest BCUT2D eigenvalue weighted by Gasteiger charge is 2.25. The van der Waals surface area contributed by atoms with Crippen LogP contribution in [0.25, 0.3) is 65.7 Å². The Labute approximate surface area is 295 Å². The van der Waals surface area contributed by atoms with E-state index in [4.69, 9.17) is 14.4 Å². The molecule has 1 N–H and O–H groups in total. The molecule has 51 heavy (non-hydrogen) atoms. The summed E-state index contributed by atoms with van der Waals surface area (Å²) in [6, 6.07) is 61.7. The van der Waals surface area contributed by atoms with Gasteiger partial charge in [0, 0.05) is 21.9 Å². The van der Waals surface area contributed by atoms with Gasteiger partial charge in [0.1, 0.15) is 22.8 Å². The molecule has 240 valence electrons. The predicted molar refractivity (Wildman–Crippen MR) is 211 cm³/mol. The molecule has 1 aliphatic heterocycles. The van der Waals surface area contributed by atoms with Crippen LogP contribution >= 0.6 is 0 Å². The van der Waals surface area contributed by atoms with Crippen LogP contribution in [0.1, 0.15) is 22.9 Å². The molecule has 4 nitrogen and oxygen atoms in total. The molecule has 8 aromatic carbocycles. The highest BCUT2D eigenvalue weighted by Crippen LogP contribution is 2.37. The average molecular weight is 654 g/mol. The monoisotopic (exact) mass is 653 g/mol. The minimum absolute atomic E-state index is 0.478. The molecule has 0 saturated carbocycles. The summed E-state index contributed by atoms with van der Waals surface area (Å²) in [6.07, 6.45) is -0.478. The van der Waals surface area contributed by atoms with Crippen LogP contribution in [0.3, 0.4) is 0 Å². The minimum Gasteiger partial charge on any atom is -0.456 e. The smallest absolute Gasteiger partial charge is 0.169 e. The first-order chi connectivity index (χ1) is 25.2. The normalized spacial score (nSPS) is 14.5. The Balaban J connectivity index is 1.20. The lowest BCUT2D eigenvalue weighted by Crippen LogP contribution is -2.36. The largest absolute Gasteiger partial charge is 0.456 e. The van der Waals surface area contributed by atoms with Crippen molar-refractivity contribution in [2.45, 2.75) is 6.17 Å². The van der Waals surface area contributed by atoms with Gasteiger partial charge in [0.05, 0.1) is 0 Å². The van der Waals surface area contributed by atoms with Crippen molar-refractivity contribution in [1.82, 2.24) is 5.32 Å². The third-order valence-electron chi connectivity index (χ3n) is 9.89. The van der Waals surface area contributed by atoms with Gasteiger partial charge >= 0.3 is 0 Å². The SMILES string of the molecule is c1ccc(-c2ccc3ccc(C4N=C(c5cccc6ccccc56)NC(c5cc(-c6ccccc6)cc6oc7ccccc7c56)=N4)cc3c2)cc1. The van der Waals surface area contributed by atoms with E-state index in [0.29, 0.717) is 0 Å². The van der Waals surface area contributed by atoms with E-state index in [1.54, 1.807) is 0 Å². The van der Waals surface area contributed by atoms with Crippen LogP contribution in [0.15, 0.2) is 190 Å². The molecule has 0 aliphatic carbocycles. The van der Waals surface area contributed by atoms with Crippen LogP contribution in [0.2, 0.25) is 0 Å². The molecule has 1 atom stereocenters. The van der Waals surface area contributed by atoms with Crippen molar-refractivity contribution in [2.24, 2.45) is 9.98 Å². The zero-order chi connectivity index (χ0) is 33.7. The predicted octanol–water partition coefficient (Wildman–Crippen LogP) is 11.7. The molecular weight excluding hydrogens is 623 g/mol. The van der Waals surface area contributed by atoms with Gasteiger partial charge in [-0.3, -0.25) is 0 Å². The van der Waals surface area contributed by atoms with Gasteiger partial charge in [0.2, 0.25) is 0 Å². The van der Waals surface area contributed by atoms with Crippen LogP contribution in [-0.2, 0) is 0 Å². The second kappa shape index (κ2) is 12.0. The van der Waals surface area contributed by atoms with Crippen molar-refractivity contribution in [3.63, 3.8) is 0 Å². The van der Waals surface area contributed by atoms with Crippen molar-refractivity contribution >= 4 is 55.2 Å². The van der Waals surface area contributed by atoms with E-state index in [-0.39, 0.29) is 0 Å². The number of nitrogens with zero attached hydrogens (tertiary/aromatic N) is 2. The highest BCUT2D eigenvalue weighted by atomic mass is 16.3. The standard InChI is InChI=1S/C47H31N3O/c1-3-12-30(13-4-1)34-24-22-32-23-25-35(27-36(32)26-34)45-48-46(39-20-11-17-33-16-7-8-18-38(33)39)50-47(49-45)41-28-37(31-14-5-2-6-15-31)29-43-44(41)40-19-9-10-21-42(40)51-43/h1-29,45H,(H,48,49,50). The Bertz CT molecular complexity index is 2830. The Morgan fingerprint density at radius 3 is 1.90 bits per heavy atom. The molecular formula is C47H31N3O. The molecule has 1 aliphatic rings. The molecule has 1 unspecified atom stereocenters. The van der Waals surface area contributed by atoms with Gasteiger partial charge in [-0.1, -0.05) is 146 Å². The van der Waals surface area contributed by atoms with Gasteiger partial charge in [-0.25, -0.2) is 9.98 Å². The first kappa shape index (κ1) is 29.2. The highest BCUT2D eigenvalue weighted by molar-refractivity contribution is 6.25. The fourth-order valence-electron chi connectivity index (χ4n) is 7.38. The summed E-state index contributed by atoms with van der Waals surface area (Å²) in [5, 5.41) is 10.4. The fourth-order valence-corrected chi connectivity index (χ4v) is 7.38. The lowest BCUT2D eigenvalue weighted by molar-refractivity contribution is 0.669. The maximum atomic E-state index is 6.51. The molecule has 0 fully saturated rings. The Hall–Kier alpha value is -6.78. The van der Waals surface area contributed by atoms with E-state index in [1.165, 1.54) is 16.5 Å². The molecule has 0 bridgehead atoms. The molecule has 2 heterocycles. The van der Waals surface area contributed by atoms with Gasteiger partial charge in [-0.2, -0.15) is 0 Å². The molecule has 0 radical (unpaired) electrons.